The van der Waals surface area contributed by atoms with Crippen molar-refractivity contribution in [1.82, 2.24) is 10.3 Å². The van der Waals surface area contributed by atoms with Crippen molar-refractivity contribution in [1.29, 1.82) is 0 Å². The van der Waals surface area contributed by atoms with Gasteiger partial charge in [-0.25, -0.2) is 4.98 Å². The smallest absolute Gasteiger partial charge is 0.313 e. The van der Waals surface area contributed by atoms with Crippen LogP contribution < -0.4 is 10.2 Å². The van der Waals surface area contributed by atoms with Gasteiger partial charge < -0.3 is 10.2 Å². The molecule has 0 bridgehead atoms. The first kappa shape index (κ1) is 15.0. The van der Waals surface area contributed by atoms with Crippen LogP contribution >= 0.6 is 11.6 Å². The molecule has 7 heteroatoms. The number of hydrogen-bond donors (Lipinski definition) is 1. The number of pyridine rings is 1. The molecule has 0 aliphatic carbocycles. The number of nitrogens with one attached hydrogen (secondary N) is 1. The third-order valence-corrected chi connectivity index (χ3v) is 3.84. The summed E-state index contributed by atoms with van der Waals surface area (Å²) in [7, 11) is 0. The minimum Gasteiger partial charge on any atom is -0.351 e. The Morgan fingerprint density at radius 2 is 2.25 bits per heavy atom. The number of nitrogens with zero attached hydrogens (tertiary/aromatic N) is 3. The highest BCUT2D eigenvalue weighted by atomic mass is 35.5. The molecule has 1 fully saturated rings. The molecule has 20 heavy (non-hydrogen) atoms. The molecule has 2 heterocycles. The van der Waals surface area contributed by atoms with E-state index in [1.807, 2.05) is 11.8 Å². The van der Waals surface area contributed by atoms with Crippen molar-refractivity contribution >= 4 is 23.1 Å². The first-order valence-electron chi connectivity index (χ1n) is 6.87. The molecule has 2 rings (SSSR count). The Bertz CT molecular complexity index is 477. The topological polar surface area (TPSA) is 71.3 Å². The lowest BCUT2D eigenvalue weighted by atomic mass is 9.97. The van der Waals surface area contributed by atoms with Crippen molar-refractivity contribution in [2.75, 3.05) is 31.1 Å². The Hall–Kier alpha value is -1.40. The summed E-state index contributed by atoms with van der Waals surface area (Å²) in [5.41, 5.74) is -0.0201. The van der Waals surface area contributed by atoms with Gasteiger partial charge in [-0.2, -0.15) is 0 Å². The molecule has 0 radical (unpaired) electrons. The molecule has 0 saturated carbocycles. The molecular weight excluding hydrogens is 280 g/mol. The molecule has 0 amide bonds. The molecule has 1 saturated heterocycles. The first-order chi connectivity index (χ1) is 9.61. The van der Waals surface area contributed by atoms with Gasteiger partial charge in [-0.15, -0.1) is 0 Å². The quantitative estimate of drug-likeness (QED) is 0.668. The van der Waals surface area contributed by atoms with Crippen LogP contribution in [-0.2, 0) is 0 Å². The van der Waals surface area contributed by atoms with E-state index in [0.29, 0.717) is 23.3 Å². The number of halogens is 1. The van der Waals surface area contributed by atoms with Crippen molar-refractivity contribution in [3.05, 3.63) is 27.4 Å². The fourth-order valence-electron chi connectivity index (χ4n) is 2.54. The molecule has 0 unspecified atom stereocenters. The van der Waals surface area contributed by atoms with Gasteiger partial charge in [-0.05, 0) is 38.8 Å². The van der Waals surface area contributed by atoms with Crippen molar-refractivity contribution in [2.45, 2.75) is 19.8 Å². The number of nitro groups is 1. The van der Waals surface area contributed by atoms with E-state index in [4.69, 9.17) is 11.6 Å². The molecule has 1 aromatic heterocycles. The Morgan fingerprint density at radius 3 is 2.85 bits per heavy atom. The Balaban J connectivity index is 2.19. The van der Waals surface area contributed by atoms with E-state index in [1.165, 1.54) is 12.3 Å². The monoisotopic (exact) mass is 298 g/mol. The highest BCUT2D eigenvalue weighted by molar-refractivity contribution is 6.30. The van der Waals surface area contributed by atoms with Gasteiger partial charge in [0.05, 0.1) is 9.95 Å². The second-order valence-corrected chi connectivity index (χ2v) is 5.42. The van der Waals surface area contributed by atoms with Crippen molar-refractivity contribution in [2.24, 2.45) is 5.92 Å². The lowest BCUT2D eigenvalue weighted by Gasteiger charge is -2.29. The molecule has 6 nitrogen and oxygen atoms in total. The van der Waals surface area contributed by atoms with Gasteiger partial charge >= 0.3 is 5.69 Å². The van der Waals surface area contributed by atoms with Crippen LogP contribution in [0.5, 0.6) is 0 Å². The maximum atomic E-state index is 11.2. The van der Waals surface area contributed by atoms with E-state index in [9.17, 15) is 10.1 Å². The van der Waals surface area contributed by atoms with Crippen LogP contribution in [0.25, 0.3) is 0 Å². The third-order valence-electron chi connectivity index (χ3n) is 3.63. The van der Waals surface area contributed by atoms with E-state index in [1.54, 1.807) is 0 Å². The van der Waals surface area contributed by atoms with Gasteiger partial charge in [0, 0.05) is 25.4 Å². The SMILES string of the molecule is CCN(CC1CCNCC1)c1ncc(Cl)cc1[N+](=O)[O-]. The van der Waals surface area contributed by atoms with Gasteiger partial charge in [0.2, 0.25) is 5.82 Å². The zero-order valence-electron chi connectivity index (χ0n) is 11.5. The summed E-state index contributed by atoms with van der Waals surface area (Å²) in [6, 6.07) is 1.37. The Labute approximate surface area is 123 Å². The number of aromatic nitrogens is 1. The summed E-state index contributed by atoms with van der Waals surface area (Å²) in [4.78, 5) is 16.9. The number of hydrogen-bond acceptors (Lipinski definition) is 5. The maximum Gasteiger partial charge on any atom is 0.313 e. The maximum absolute atomic E-state index is 11.2. The summed E-state index contributed by atoms with van der Waals surface area (Å²) in [5, 5.41) is 14.8. The van der Waals surface area contributed by atoms with Crippen LogP contribution in [0.15, 0.2) is 12.3 Å². The number of piperidine rings is 1. The second-order valence-electron chi connectivity index (χ2n) is 4.99. The minimum absolute atomic E-state index is 0.0201. The summed E-state index contributed by atoms with van der Waals surface area (Å²) >= 11 is 5.81. The number of anilines is 1. The van der Waals surface area contributed by atoms with E-state index >= 15 is 0 Å². The van der Waals surface area contributed by atoms with Crippen LogP contribution in [0.1, 0.15) is 19.8 Å². The van der Waals surface area contributed by atoms with Crippen LogP contribution in [0.4, 0.5) is 11.5 Å². The van der Waals surface area contributed by atoms with Gasteiger partial charge in [0.1, 0.15) is 0 Å². The highest BCUT2D eigenvalue weighted by Gasteiger charge is 2.24. The van der Waals surface area contributed by atoms with E-state index < -0.39 is 4.92 Å². The molecule has 1 aliphatic heterocycles. The molecule has 1 aliphatic rings. The summed E-state index contributed by atoms with van der Waals surface area (Å²) < 4.78 is 0. The molecule has 1 aromatic rings. The standard InChI is InChI=1S/C13H19ClN4O2/c1-2-17(9-10-3-5-15-6-4-10)13-12(18(19)20)7-11(14)8-16-13/h7-8,10,15H,2-6,9H2,1H3. The predicted molar refractivity (Wildman–Crippen MR) is 79.4 cm³/mol. The average molecular weight is 299 g/mol. The van der Waals surface area contributed by atoms with Crippen LogP contribution in [0, 0.1) is 16.0 Å². The zero-order chi connectivity index (χ0) is 14.5. The van der Waals surface area contributed by atoms with Gasteiger partial charge in [0.15, 0.2) is 0 Å². The van der Waals surface area contributed by atoms with Crippen LogP contribution in [0.3, 0.4) is 0 Å². The van der Waals surface area contributed by atoms with Crippen molar-refractivity contribution in [3.8, 4) is 0 Å². The fraction of sp³-hybridized carbons (Fsp3) is 0.615. The van der Waals surface area contributed by atoms with Gasteiger partial charge in [-0.3, -0.25) is 10.1 Å². The van der Waals surface area contributed by atoms with Gasteiger partial charge in [-0.1, -0.05) is 11.6 Å². The average Bonchev–Trinajstić information content (AvgIpc) is 2.46. The van der Waals surface area contributed by atoms with E-state index in [2.05, 4.69) is 10.3 Å². The molecular formula is C13H19ClN4O2. The lowest BCUT2D eigenvalue weighted by molar-refractivity contribution is -0.384. The molecule has 110 valence electrons. The molecule has 0 spiro atoms. The largest absolute Gasteiger partial charge is 0.351 e. The van der Waals surface area contributed by atoms with Crippen LogP contribution in [0.2, 0.25) is 5.02 Å². The minimum atomic E-state index is -0.417. The third kappa shape index (κ3) is 3.58. The molecule has 1 N–H and O–H groups in total. The Morgan fingerprint density at radius 1 is 1.55 bits per heavy atom. The van der Waals surface area contributed by atoms with Crippen LogP contribution in [-0.4, -0.2) is 36.1 Å². The summed E-state index contributed by atoms with van der Waals surface area (Å²) in [6.07, 6.45) is 3.66. The predicted octanol–water partition coefficient (Wildman–Crippen LogP) is 2.47. The second kappa shape index (κ2) is 6.85. The van der Waals surface area contributed by atoms with Crippen molar-refractivity contribution in [3.63, 3.8) is 0 Å². The summed E-state index contributed by atoms with van der Waals surface area (Å²) in [6.45, 7) is 5.50. The van der Waals surface area contributed by atoms with Gasteiger partial charge in [0.25, 0.3) is 0 Å². The first-order valence-corrected chi connectivity index (χ1v) is 7.25. The molecule has 0 aromatic carbocycles. The zero-order valence-corrected chi connectivity index (χ0v) is 12.3. The fourth-order valence-corrected chi connectivity index (χ4v) is 2.69. The van der Waals surface area contributed by atoms with E-state index in [0.717, 1.165) is 32.5 Å². The summed E-state index contributed by atoms with van der Waals surface area (Å²) in [5.74, 6) is 0.966. The van der Waals surface area contributed by atoms with Crippen molar-refractivity contribution < 1.29 is 4.92 Å². The normalized spacial score (nSPS) is 16.1. The number of rotatable bonds is 5. The van der Waals surface area contributed by atoms with E-state index in [-0.39, 0.29) is 5.69 Å². The highest BCUT2D eigenvalue weighted by Crippen LogP contribution is 2.29. The lowest BCUT2D eigenvalue weighted by Crippen LogP contribution is -2.36. The Kier molecular flexibility index (Phi) is 5.14. The molecule has 0 atom stereocenters.